The van der Waals surface area contributed by atoms with E-state index in [0.717, 1.165) is 0 Å². The normalized spacial score (nSPS) is 20.1. The molecule has 1 amide bonds. The fourth-order valence-corrected chi connectivity index (χ4v) is 3.91. The molecule has 0 saturated carbocycles. The second kappa shape index (κ2) is 4.57. The van der Waals surface area contributed by atoms with E-state index in [-0.39, 0.29) is 10.8 Å². The molecule has 0 aromatic heterocycles. The molecule has 0 fully saturated rings. The Morgan fingerprint density at radius 2 is 1.83 bits per heavy atom. The SMILES string of the molecule is CCC1=C(C)C(=O)NC1S(=O)(=O)c1ccccc1. The fourth-order valence-electron chi connectivity index (χ4n) is 2.12. The van der Waals surface area contributed by atoms with Crippen LogP contribution in [-0.4, -0.2) is 19.7 Å². The number of nitrogens with one attached hydrogen (secondary N) is 1. The minimum Gasteiger partial charge on any atom is -0.332 e. The summed E-state index contributed by atoms with van der Waals surface area (Å²) in [5.74, 6) is -0.295. The topological polar surface area (TPSA) is 63.2 Å². The zero-order valence-corrected chi connectivity index (χ0v) is 11.1. The van der Waals surface area contributed by atoms with Gasteiger partial charge in [0.05, 0.1) is 4.90 Å². The molecule has 0 radical (unpaired) electrons. The molecule has 18 heavy (non-hydrogen) atoms. The van der Waals surface area contributed by atoms with E-state index in [1.165, 1.54) is 0 Å². The smallest absolute Gasteiger partial charge is 0.248 e. The third kappa shape index (κ3) is 1.95. The van der Waals surface area contributed by atoms with Crippen LogP contribution >= 0.6 is 0 Å². The van der Waals surface area contributed by atoms with E-state index in [9.17, 15) is 13.2 Å². The van der Waals surface area contributed by atoms with Crippen molar-refractivity contribution in [3.8, 4) is 0 Å². The predicted octanol–water partition coefficient (Wildman–Crippen LogP) is 1.64. The van der Waals surface area contributed by atoms with Crippen molar-refractivity contribution in [3.63, 3.8) is 0 Å². The van der Waals surface area contributed by atoms with Gasteiger partial charge in [-0.25, -0.2) is 8.42 Å². The summed E-state index contributed by atoms with van der Waals surface area (Å²) in [6, 6.07) is 8.19. The van der Waals surface area contributed by atoms with Gasteiger partial charge in [-0.3, -0.25) is 4.79 Å². The fraction of sp³-hybridized carbons (Fsp3) is 0.308. The highest BCUT2D eigenvalue weighted by Gasteiger charge is 2.37. The lowest BCUT2D eigenvalue weighted by Crippen LogP contribution is -2.36. The minimum atomic E-state index is -3.56. The largest absolute Gasteiger partial charge is 0.332 e. The summed E-state index contributed by atoms with van der Waals surface area (Å²) in [6.07, 6.45) is 0.543. The second-order valence-electron chi connectivity index (χ2n) is 4.22. The van der Waals surface area contributed by atoms with Crippen LogP contribution in [0.1, 0.15) is 20.3 Å². The van der Waals surface area contributed by atoms with E-state index in [2.05, 4.69) is 5.32 Å². The van der Waals surface area contributed by atoms with Crippen LogP contribution in [0.3, 0.4) is 0 Å². The Balaban J connectivity index is 2.48. The van der Waals surface area contributed by atoms with E-state index in [1.807, 2.05) is 6.92 Å². The number of sulfone groups is 1. The molecule has 4 nitrogen and oxygen atoms in total. The zero-order chi connectivity index (χ0) is 13.3. The number of amides is 1. The Morgan fingerprint density at radius 3 is 2.39 bits per heavy atom. The maximum absolute atomic E-state index is 12.4. The number of benzene rings is 1. The average Bonchev–Trinajstić information content (AvgIpc) is 2.67. The van der Waals surface area contributed by atoms with Crippen molar-refractivity contribution < 1.29 is 13.2 Å². The standard InChI is InChI=1S/C13H15NO3S/c1-3-11-9(2)12(15)14-13(11)18(16,17)10-7-5-4-6-8-10/h4-8,13H,3H2,1-2H3,(H,14,15). The van der Waals surface area contributed by atoms with Crippen molar-refractivity contribution in [2.75, 3.05) is 0 Å². The number of rotatable bonds is 3. The molecule has 2 rings (SSSR count). The summed E-state index contributed by atoms with van der Waals surface area (Å²) < 4.78 is 24.9. The monoisotopic (exact) mass is 265 g/mol. The second-order valence-corrected chi connectivity index (χ2v) is 6.25. The summed E-state index contributed by atoms with van der Waals surface area (Å²) in [7, 11) is -3.56. The summed E-state index contributed by atoms with van der Waals surface area (Å²) in [5.41, 5.74) is 1.17. The van der Waals surface area contributed by atoms with Crippen molar-refractivity contribution in [1.29, 1.82) is 0 Å². The number of hydrogen-bond donors (Lipinski definition) is 1. The molecule has 1 aromatic rings. The average molecular weight is 265 g/mol. The highest BCUT2D eigenvalue weighted by atomic mass is 32.2. The van der Waals surface area contributed by atoms with Gasteiger partial charge in [-0.05, 0) is 31.1 Å². The van der Waals surface area contributed by atoms with Gasteiger partial charge in [0.2, 0.25) is 15.7 Å². The molecule has 1 unspecified atom stereocenters. The lowest BCUT2D eigenvalue weighted by atomic mass is 10.1. The molecule has 5 heteroatoms. The number of hydrogen-bond acceptors (Lipinski definition) is 3. The molecule has 0 bridgehead atoms. The Morgan fingerprint density at radius 1 is 1.22 bits per heavy atom. The molecule has 0 spiro atoms. The zero-order valence-electron chi connectivity index (χ0n) is 10.3. The highest BCUT2D eigenvalue weighted by Crippen LogP contribution is 2.28. The van der Waals surface area contributed by atoms with Crippen molar-refractivity contribution in [2.24, 2.45) is 0 Å². The first-order chi connectivity index (χ1) is 8.48. The third-order valence-corrected chi connectivity index (χ3v) is 5.12. The van der Waals surface area contributed by atoms with Crippen LogP contribution < -0.4 is 5.32 Å². The summed E-state index contributed by atoms with van der Waals surface area (Å²) >= 11 is 0. The van der Waals surface area contributed by atoms with Crippen LogP contribution in [0.2, 0.25) is 0 Å². The molecule has 1 N–H and O–H groups in total. The minimum absolute atomic E-state index is 0.232. The van der Waals surface area contributed by atoms with Crippen LogP contribution in [0.15, 0.2) is 46.4 Å². The molecule has 1 heterocycles. The molecule has 0 aliphatic carbocycles. The lowest BCUT2D eigenvalue weighted by molar-refractivity contribution is -0.116. The molecular formula is C13H15NO3S. The van der Waals surface area contributed by atoms with Gasteiger partial charge < -0.3 is 5.32 Å². The van der Waals surface area contributed by atoms with Crippen LogP contribution in [0.4, 0.5) is 0 Å². The van der Waals surface area contributed by atoms with E-state index in [4.69, 9.17) is 0 Å². The van der Waals surface area contributed by atoms with Crippen LogP contribution in [-0.2, 0) is 14.6 Å². The first-order valence-electron chi connectivity index (χ1n) is 5.78. The van der Waals surface area contributed by atoms with Crippen molar-refractivity contribution in [3.05, 3.63) is 41.5 Å². The van der Waals surface area contributed by atoms with Gasteiger partial charge in [0.1, 0.15) is 0 Å². The van der Waals surface area contributed by atoms with Gasteiger partial charge in [-0.15, -0.1) is 0 Å². The van der Waals surface area contributed by atoms with Gasteiger partial charge in [0, 0.05) is 5.57 Å². The van der Waals surface area contributed by atoms with E-state index in [1.54, 1.807) is 37.3 Å². The van der Waals surface area contributed by atoms with Gasteiger partial charge in [0.15, 0.2) is 5.37 Å². The Bertz CT molecular complexity index is 602. The first-order valence-corrected chi connectivity index (χ1v) is 7.32. The van der Waals surface area contributed by atoms with E-state index in [0.29, 0.717) is 17.6 Å². The van der Waals surface area contributed by atoms with Gasteiger partial charge in [-0.2, -0.15) is 0 Å². The Hall–Kier alpha value is -1.62. The van der Waals surface area contributed by atoms with Gasteiger partial charge >= 0.3 is 0 Å². The third-order valence-electron chi connectivity index (χ3n) is 3.16. The van der Waals surface area contributed by atoms with Crippen molar-refractivity contribution in [1.82, 2.24) is 5.32 Å². The first kappa shape index (κ1) is 12.8. The predicted molar refractivity (Wildman–Crippen MR) is 68.5 cm³/mol. The van der Waals surface area contributed by atoms with Gasteiger partial charge in [0.25, 0.3) is 0 Å². The maximum atomic E-state index is 12.4. The summed E-state index contributed by atoms with van der Waals surface area (Å²) in [4.78, 5) is 11.8. The lowest BCUT2D eigenvalue weighted by Gasteiger charge is -2.15. The summed E-state index contributed by atoms with van der Waals surface area (Å²) in [5, 5.41) is 1.62. The van der Waals surface area contributed by atoms with Gasteiger partial charge in [-0.1, -0.05) is 25.1 Å². The Kier molecular flexibility index (Phi) is 3.26. The number of carbonyl (C=O) groups excluding carboxylic acids is 1. The molecule has 1 aliphatic heterocycles. The van der Waals surface area contributed by atoms with Crippen LogP contribution in [0.5, 0.6) is 0 Å². The van der Waals surface area contributed by atoms with E-state index < -0.39 is 15.2 Å². The molecule has 96 valence electrons. The molecule has 1 aliphatic rings. The highest BCUT2D eigenvalue weighted by molar-refractivity contribution is 7.92. The quantitative estimate of drug-likeness (QED) is 0.903. The molecule has 1 aromatic carbocycles. The van der Waals surface area contributed by atoms with Crippen molar-refractivity contribution in [2.45, 2.75) is 30.5 Å². The Labute approximate surface area is 107 Å². The van der Waals surface area contributed by atoms with E-state index >= 15 is 0 Å². The van der Waals surface area contributed by atoms with Crippen molar-refractivity contribution >= 4 is 15.7 Å². The maximum Gasteiger partial charge on any atom is 0.248 e. The molecular weight excluding hydrogens is 250 g/mol. The van der Waals surface area contributed by atoms with Crippen LogP contribution in [0, 0.1) is 0 Å². The van der Waals surface area contributed by atoms with Crippen LogP contribution in [0.25, 0.3) is 0 Å². The molecule has 1 atom stereocenters. The number of carbonyl (C=O) groups is 1. The summed E-state index contributed by atoms with van der Waals surface area (Å²) in [6.45, 7) is 3.52. The molecule has 0 saturated heterocycles.